The van der Waals surface area contributed by atoms with Crippen LogP contribution in [0.4, 0.5) is 32.2 Å². The van der Waals surface area contributed by atoms with E-state index in [2.05, 4.69) is 25.3 Å². The molecule has 2 aromatic heterocycles. The molecule has 7 nitrogen and oxygen atoms in total. The summed E-state index contributed by atoms with van der Waals surface area (Å²) in [5.41, 5.74) is 11.8. The molecule has 23 heavy (non-hydrogen) atoms. The summed E-state index contributed by atoms with van der Waals surface area (Å²) in [7, 11) is 0. The molecular weight excluding hydrogens is 304 g/mol. The SMILES string of the molecule is Nc1cccc(-c2nc(N)nc(Nc3cc(F)cc(F)c3)n2)n1. The average Bonchev–Trinajstić information content (AvgIpc) is 2.45. The lowest BCUT2D eigenvalue weighted by Gasteiger charge is -2.07. The van der Waals surface area contributed by atoms with E-state index in [1.807, 2.05) is 0 Å². The van der Waals surface area contributed by atoms with Crippen LogP contribution in [0, 0.1) is 11.6 Å². The Morgan fingerprint density at radius 3 is 2.30 bits per heavy atom. The zero-order valence-electron chi connectivity index (χ0n) is 11.7. The highest BCUT2D eigenvalue weighted by Gasteiger charge is 2.10. The molecule has 0 bridgehead atoms. The van der Waals surface area contributed by atoms with Gasteiger partial charge in [-0.3, -0.25) is 0 Å². The molecule has 2 heterocycles. The van der Waals surface area contributed by atoms with E-state index in [1.54, 1.807) is 18.2 Å². The molecule has 0 radical (unpaired) electrons. The number of nitrogens with one attached hydrogen (secondary N) is 1. The number of halogens is 2. The molecule has 0 fully saturated rings. The summed E-state index contributed by atoms with van der Waals surface area (Å²) in [6, 6.07) is 7.91. The van der Waals surface area contributed by atoms with Crippen molar-refractivity contribution in [3.05, 3.63) is 48.0 Å². The molecule has 0 aliphatic carbocycles. The van der Waals surface area contributed by atoms with Gasteiger partial charge >= 0.3 is 0 Å². The zero-order valence-corrected chi connectivity index (χ0v) is 11.7. The first-order valence-electron chi connectivity index (χ1n) is 6.47. The van der Waals surface area contributed by atoms with E-state index in [0.29, 0.717) is 11.5 Å². The summed E-state index contributed by atoms with van der Waals surface area (Å²) in [5, 5.41) is 2.67. The van der Waals surface area contributed by atoms with Crippen molar-refractivity contribution >= 4 is 23.4 Å². The van der Waals surface area contributed by atoms with Gasteiger partial charge in [-0.2, -0.15) is 15.0 Å². The van der Waals surface area contributed by atoms with Crippen LogP contribution >= 0.6 is 0 Å². The number of anilines is 4. The van der Waals surface area contributed by atoms with Crippen molar-refractivity contribution in [1.29, 1.82) is 0 Å². The van der Waals surface area contributed by atoms with Gasteiger partial charge in [0.2, 0.25) is 11.9 Å². The molecule has 0 unspecified atom stereocenters. The van der Waals surface area contributed by atoms with E-state index < -0.39 is 11.6 Å². The minimum absolute atomic E-state index is 0.0294. The van der Waals surface area contributed by atoms with Crippen molar-refractivity contribution in [2.45, 2.75) is 0 Å². The van der Waals surface area contributed by atoms with Crippen LogP contribution in [-0.2, 0) is 0 Å². The maximum atomic E-state index is 13.2. The summed E-state index contributed by atoms with van der Waals surface area (Å²) in [4.78, 5) is 16.1. The van der Waals surface area contributed by atoms with Crippen molar-refractivity contribution in [3.63, 3.8) is 0 Å². The van der Waals surface area contributed by atoms with E-state index in [-0.39, 0.29) is 23.4 Å². The lowest BCUT2D eigenvalue weighted by molar-refractivity contribution is 0.584. The Kier molecular flexibility index (Phi) is 3.67. The molecule has 0 aliphatic heterocycles. The summed E-state index contributed by atoms with van der Waals surface area (Å²) in [6.07, 6.45) is 0. The maximum absolute atomic E-state index is 13.2. The van der Waals surface area contributed by atoms with Gasteiger partial charge in [0.05, 0.1) is 0 Å². The summed E-state index contributed by atoms with van der Waals surface area (Å²) < 4.78 is 26.4. The fourth-order valence-corrected chi connectivity index (χ4v) is 1.89. The third-order valence-electron chi connectivity index (χ3n) is 2.77. The van der Waals surface area contributed by atoms with Gasteiger partial charge in [0.1, 0.15) is 23.1 Å². The molecule has 0 atom stereocenters. The first kappa shape index (κ1) is 14.6. The van der Waals surface area contributed by atoms with E-state index >= 15 is 0 Å². The highest BCUT2D eigenvalue weighted by atomic mass is 19.1. The number of hydrogen-bond acceptors (Lipinski definition) is 7. The lowest BCUT2D eigenvalue weighted by Crippen LogP contribution is -2.06. The average molecular weight is 315 g/mol. The number of nitrogens with two attached hydrogens (primary N) is 2. The number of nitrogens with zero attached hydrogens (tertiary/aromatic N) is 4. The van der Waals surface area contributed by atoms with E-state index in [9.17, 15) is 8.78 Å². The van der Waals surface area contributed by atoms with Gasteiger partial charge in [-0.05, 0) is 24.3 Å². The van der Waals surface area contributed by atoms with Gasteiger partial charge in [-0.25, -0.2) is 13.8 Å². The number of benzene rings is 1. The monoisotopic (exact) mass is 315 g/mol. The predicted molar refractivity (Wildman–Crippen MR) is 81.5 cm³/mol. The van der Waals surface area contributed by atoms with Gasteiger partial charge in [0.25, 0.3) is 0 Å². The summed E-state index contributed by atoms with van der Waals surface area (Å²) in [5.74, 6) is -1.02. The van der Waals surface area contributed by atoms with E-state index in [0.717, 1.165) is 18.2 Å². The normalized spacial score (nSPS) is 10.5. The molecule has 0 amide bonds. The maximum Gasteiger partial charge on any atom is 0.232 e. The molecule has 5 N–H and O–H groups in total. The van der Waals surface area contributed by atoms with E-state index in [4.69, 9.17) is 11.5 Å². The first-order valence-corrected chi connectivity index (χ1v) is 6.47. The van der Waals surface area contributed by atoms with Crippen LogP contribution in [0.25, 0.3) is 11.5 Å². The predicted octanol–water partition coefficient (Wildman–Crippen LogP) is 2.12. The standard InChI is InChI=1S/C14H11F2N7/c15-7-4-8(16)6-9(5-7)19-14-22-12(21-13(18)23-14)10-2-1-3-11(17)20-10/h1-6H,(H2,17,20)(H3,18,19,21,22,23). The van der Waals surface area contributed by atoms with Gasteiger partial charge in [-0.15, -0.1) is 0 Å². The van der Waals surface area contributed by atoms with Crippen LogP contribution in [0.5, 0.6) is 0 Å². The molecule has 1 aromatic carbocycles. The van der Waals surface area contributed by atoms with Crippen LogP contribution in [0.15, 0.2) is 36.4 Å². The highest BCUT2D eigenvalue weighted by molar-refractivity contribution is 5.59. The second-order valence-corrected chi connectivity index (χ2v) is 4.57. The van der Waals surface area contributed by atoms with Gasteiger partial charge in [0.15, 0.2) is 5.82 Å². The number of aromatic nitrogens is 4. The highest BCUT2D eigenvalue weighted by Crippen LogP contribution is 2.20. The molecule has 0 saturated carbocycles. The second kappa shape index (κ2) is 5.79. The van der Waals surface area contributed by atoms with Crippen LogP contribution in [-0.4, -0.2) is 19.9 Å². The second-order valence-electron chi connectivity index (χ2n) is 4.57. The molecule has 116 valence electrons. The summed E-state index contributed by atoms with van der Waals surface area (Å²) >= 11 is 0. The van der Waals surface area contributed by atoms with Crippen LogP contribution in [0.2, 0.25) is 0 Å². The van der Waals surface area contributed by atoms with Crippen molar-refractivity contribution < 1.29 is 8.78 Å². The first-order chi connectivity index (χ1) is 11.0. The molecule has 9 heteroatoms. The third-order valence-corrected chi connectivity index (χ3v) is 2.77. The Hall–Kier alpha value is -3.36. The summed E-state index contributed by atoms with van der Waals surface area (Å²) in [6.45, 7) is 0. The van der Waals surface area contributed by atoms with Crippen LogP contribution < -0.4 is 16.8 Å². The number of hydrogen-bond donors (Lipinski definition) is 3. The van der Waals surface area contributed by atoms with Gasteiger partial charge < -0.3 is 16.8 Å². The molecule has 0 spiro atoms. The van der Waals surface area contributed by atoms with E-state index in [1.165, 1.54) is 0 Å². The van der Waals surface area contributed by atoms with Crippen LogP contribution in [0.3, 0.4) is 0 Å². The van der Waals surface area contributed by atoms with Crippen molar-refractivity contribution in [1.82, 2.24) is 19.9 Å². The fourth-order valence-electron chi connectivity index (χ4n) is 1.89. The number of rotatable bonds is 3. The molecule has 3 aromatic rings. The Morgan fingerprint density at radius 1 is 0.870 bits per heavy atom. The molecule has 0 saturated heterocycles. The van der Waals surface area contributed by atoms with Crippen LogP contribution in [0.1, 0.15) is 0 Å². The molecule has 3 rings (SSSR count). The minimum atomic E-state index is -0.729. The zero-order chi connectivity index (χ0) is 16.4. The number of nitrogen functional groups attached to an aromatic ring is 2. The molecular formula is C14H11F2N7. The Bertz CT molecular complexity index is 849. The number of pyridine rings is 1. The Labute approximate surface area is 129 Å². The van der Waals surface area contributed by atoms with Crippen molar-refractivity contribution in [2.75, 3.05) is 16.8 Å². The smallest absolute Gasteiger partial charge is 0.232 e. The quantitative estimate of drug-likeness (QED) is 0.678. The Morgan fingerprint density at radius 2 is 1.61 bits per heavy atom. The fraction of sp³-hybridized carbons (Fsp3) is 0. The molecule has 0 aliphatic rings. The Balaban J connectivity index is 1.97. The minimum Gasteiger partial charge on any atom is -0.384 e. The van der Waals surface area contributed by atoms with Crippen molar-refractivity contribution in [2.24, 2.45) is 0 Å². The third kappa shape index (κ3) is 3.46. The van der Waals surface area contributed by atoms with Crippen molar-refractivity contribution in [3.8, 4) is 11.5 Å². The largest absolute Gasteiger partial charge is 0.384 e. The van der Waals surface area contributed by atoms with Gasteiger partial charge in [0, 0.05) is 11.8 Å². The topological polar surface area (TPSA) is 116 Å². The van der Waals surface area contributed by atoms with Gasteiger partial charge in [-0.1, -0.05) is 6.07 Å². The lowest BCUT2D eigenvalue weighted by atomic mass is 10.3.